The van der Waals surface area contributed by atoms with Crippen LogP contribution < -0.4 is 0 Å². The molecule has 0 unspecified atom stereocenters. The normalized spacial score (nSPS) is 15.9. The minimum atomic E-state index is -0.0345. The lowest BCUT2D eigenvalue weighted by molar-refractivity contribution is 0.849. The summed E-state index contributed by atoms with van der Waals surface area (Å²) in [6, 6.07) is 17.2. The molecule has 15 heavy (non-hydrogen) atoms. The lowest BCUT2D eigenvalue weighted by atomic mass is 9.98. The van der Waals surface area contributed by atoms with Crippen LogP contribution in [0.1, 0.15) is 18.1 Å². The van der Waals surface area contributed by atoms with Crippen LogP contribution in [0.15, 0.2) is 48.5 Å². The van der Waals surface area contributed by atoms with Gasteiger partial charge >= 0.3 is 0 Å². The van der Waals surface area contributed by atoms with Crippen molar-refractivity contribution in [2.45, 2.75) is 12.0 Å². The van der Waals surface area contributed by atoms with E-state index in [9.17, 15) is 0 Å². The molecule has 0 atom stereocenters. The van der Waals surface area contributed by atoms with Gasteiger partial charge in [0.2, 0.25) is 0 Å². The molecule has 0 fully saturated rings. The van der Waals surface area contributed by atoms with Crippen molar-refractivity contribution < 1.29 is 0 Å². The smallest absolute Gasteiger partial charge is 0.0440 e. The predicted molar refractivity (Wildman–Crippen MR) is 64.1 cm³/mol. The van der Waals surface area contributed by atoms with Crippen LogP contribution in [0.4, 0.5) is 0 Å². The SMILES string of the molecule is CC1([Si])c2ccccc2-c2ccccc21. The van der Waals surface area contributed by atoms with Crippen molar-refractivity contribution in [1.82, 2.24) is 0 Å². The van der Waals surface area contributed by atoms with Crippen molar-refractivity contribution in [3.63, 3.8) is 0 Å². The Balaban J connectivity index is 2.42. The number of benzene rings is 2. The Morgan fingerprint density at radius 1 is 0.800 bits per heavy atom. The molecular weight excluding hydrogens is 196 g/mol. The Labute approximate surface area is 93.4 Å². The molecular formula is C14H11Si. The van der Waals surface area contributed by atoms with Gasteiger partial charge < -0.3 is 0 Å². The molecule has 0 saturated heterocycles. The van der Waals surface area contributed by atoms with Crippen LogP contribution in [0.5, 0.6) is 0 Å². The second kappa shape index (κ2) is 2.83. The quantitative estimate of drug-likeness (QED) is 0.582. The Morgan fingerprint density at radius 2 is 1.20 bits per heavy atom. The molecule has 0 bridgehead atoms. The van der Waals surface area contributed by atoms with E-state index in [1.54, 1.807) is 0 Å². The number of hydrogen-bond acceptors (Lipinski definition) is 0. The Morgan fingerprint density at radius 3 is 1.67 bits per heavy atom. The fraction of sp³-hybridized carbons (Fsp3) is 0.143. The molecule has 0 nitrogen and oxygen atoms in total. The third-order valence-electron chi connectivity index (χ3n) is 3.22. The van der Waals surface area contributed by atoms with E-state index in [1.807, 2.05) is 0 Å². The first-order chi connectivity index (χ1) is 7.21. The van der Waals surface area contributed by atoms with Crippen molar-refractivity contribution in [1.29, 1.82) is 0 Å². The van der Waals surface area contributed by atoms with Gasteiger partial charge in [-0.1, -0.05) is 55.5 Å². The zero-order valence-electron chi connectivity index (χ0n) is 8.62. The molecule has 0 aliphatic heterocycles. The van der Waals surface area contributed by atoms with Gasteiger partial charge in [-0.05, 0) is 22.3 Å². The molecule has 0 amide bonds. The number of rotatable bonds is 0. The number of hydrogen-bond donors (Lipinski definition) is 0. The monoisotopic (exact) mass is 207 g/mol. The third kappa shape index (κ3) is 1.07. The maximum absolute atomic E-state index is 3.90. The minimum Gasteiger partial charge on any atom is -0.0619 e. The van der Waals surface area contributed by atoms with Crippen molar-refractivity contribution in [2.24, 2.45) is 0 Å². The van der Waals surface area contributed by atoms with E-state index < -0.39 is 0 Å². The lowest BCUT2D eigenvalue weighted by Gasteiger charge is -2.20. The Kier molecular flexibility index (Phi) is 1.68. The van der Waals surface area contributed by atoms with Crippen molar-refractivity contribution in [3.8, 4) is 11.1 Å². The third-order valence-corrected chi connectivity index (χ3v) is 3.76. The molecule has 71 valence electrons. The van der Waals surface area contributed by atoms with Crippen molar-refractivity contribution in [2.75, 3.05) is 0 Å². The summed E-state index contributed by atoms with van der Waals surface area (Å²) in [6.45, 7) is 2.22. The van der Waals surface area contributed by atoms with Crippen LogP contribution in [0.3, 0.4) is 0 Å². The van der Waals surface area contributed by atoms with Gasteiger partial charge in [-0.2, -0.15) is 0 Å². The van der Waals surface area contributed by atoms with Gasteiger partial charge in [0.05, 0.1) is 0 Å². The number of fused-ring (bicyclic) bond motifs is 3. The maximum atomic E-state index is 3.90. The average Bonchev–Trinajstić information content (AvgIpc) is 2.51. The van der Waals surface area contributed by atoms with E-state index in [0.717, 1.165) is 0 Å². The van der Waals surface area contributed by atoms with Gasteiger partial charge in [0.1, 0.15) is 0 Å². The summed E-state index contributed by atoms with van der Waals surface area (Å²) in [7, 11) is 3.90. The van der Waals surface area contributed by atoms with Gasteiger partial charge in [0, 0.05) is 15.3 Å². The van der Waals surface area contributed by atoms with Gasteiger partial charge in [-0.3, -0.25) is 0 Å². The average molecular weight is 207 g/mol. The van der Waals surface area contributed by atoms with Crippen LogP contribution in [-0.4, -0.2) is 10.2 Å². The Bertz CT molecular complexity index is 479. The largest absolute Gasteiger partial charge is 0.0619 e. The summed E-state index contributed by atoms with van der Waals surface area (Å²) in [6.07, 6.45) is 0. The highest BCUT2D eigenvalue weighted by Crippen LogP contribution is 2.46. The minimum absolute atomic E-state index is 0.0345. The highest BCUT2D eigenvalue weighted by atomic mass is 28.1. The lowest BCUT2D eigenvalue weighted by Crippen LogP contribution is -2.20. The molecule has 0 saturated carbocycles. The van der Waals surface area contributed by atoms with Crippen molar-refractivity contribution >= 4 is 10.2 Å². The van der Waals surface area contributed by atoms with Crippen LogP contribution in [0.25, 0.3) is 11.1 Å². The molecule has 0 spiro atoms. The Hall–Kier alpha value is -1.34. The summed E-state index contributed by atoms with van der Waals surface area (Å²) in [5.41, 5.74) is 5.43. The van der Waals surface area contributed by atoms with Gasteiger partial charge in [0.25, 0.3) is 0 Å². The van der Waals surface area contributed by atoms with Gasteiger partial charge in [0.15, 0.2) is 0 Å². The van der Waals surface area contributed by atoms with Crippen LogP contribution in [0, 0.1) is 0 Å². The fourth-order valence-corrected chi connectivity index (χ4v) is 2.89. The summed E-state index contributed by atoms with van der Waals surface area (Å²) in [5, 5.41) is -0.0345. The predicted octanol–water partition coefficient (Wildman–Crippen LogP) is 3.10. The zero-order valence-corrected chi connectivity index (χ0v) is 9.62. The fourth-order valence-electron chi connectivity index (χ4n) is 2.45. The highest BCUT2D eigenvalue weighted by Gasteiger charge is 2.34. The zero-order chi connectivity index (χ0) is 10.5. The summed E-state index contributed by atoms with van der Waals surface area (Å²) >= 11 is 0. The molecule has 3 radical (unpaired) electrons. The van der Waals surface area contributed by atoms with Crippen molar-refractivity contribution in [3.05, 3.63) is 59.7 Å². The molecule has 2 aromatic carbocycles. The summed E-state index contributed by atoms with van der Waals surface area (Å²) in [5.74, 6) is 0. The molecule has 1 aliphatic carbocycles. The van der Waals surface area contributed by atoms with E-state index in [4.69, 9.17) is 0 Å². The van der Waals surface area contributed by atoms with E-state index in [2.05, 4.69) is 65.7 Å². The molecule has 0 aromatic heterocycles. The molecule has 0 N–H and O–H groups in total. The van der Waals surface area contributed by atoms with E-state index in [1.165, 1.54) is 22.3 Å². The molecule has 1 heteroatoms. The van der Waals surface area contributed by atoms with Crippen LogP contribution in [-0.2, 0) is 5.04 Å². The second-order valence-electron chi connectivity index (χ2n) is 4.22. The van der Waals surface area contributed by atoms with E-state index in [0.29, 0.717) is 0 Å². The molecule has 1 aliphatic rings. The maximum Gasteiger partial charge on any atom is 0.0440 e. The first-order valence-electron chi connectivity index (χ1n) is 5.15. The van der Waals surface area contributed by atoms with E-state index in [-0.39, 0.29) is 5.04 Å². The molecule has 2 aromatic rings. The van der Waals surface area contributed by atoms with Crippen LogP contribution in [0.2, 0.25) is 0 Å². The van der Waals surface area contributed by atoms with Gasteiger partial charge in [-0.25, -0.2) is 0 Å². The summed E-state index contributed by atoms with van der Waals surface area (Å²) < 4.78 is 0. The first-order valence-corrected chi connectivity index (χ1v) is 5.65. The van der Waals surface area contributed by atoms with Crippen LogP contribution >= 0.6 is 0 Å². The highest BCUT2D eigenvalue weighted by molar-refractivity contribution is 6.21. The van der Waals surface area contributed by atoms with Gasteiger partial charge in [-0.15, -0.1) is 0 Å². The molecule has 0 heterocycles. The standard InChI is InChI=1S/C14H11Si/c1-14(15)12-8-4-2-6-10(12)11-7-3-5-9-13(11)14/h2-9H,1H3. The molecule has 3 rings (SSSR count). The summed E-state index contributed by atoms with van der Waals surface area (Å²) in [4.78, 5) is 0. The first kappa shape index (κ1) is 8.92. The second-order valence-corrected chi connectivity index (χ2v) is 5.22. The topological polar surface area (TPSA) is 0 Å². The van der Waals surface area contributed by atoms with E-state index >= 15 is 0 Å².